The van der Waals surface area contributed by atoms with Crippen molar-refractivity contribution in [2.75, 3.05) is 65.7 Å². The second-order valence-corrected chi connectivity index (χ2v) is 12.5. The molecule has 0 fully saturated rings. The van der Waals surface area contributed by atoms with Crippen molar-refractivity contribution >= 4 is 44.6 Å². The molecule has 234 valence electrons. The average Bonchev–Trinajstić information content (AvgIpc) is 3.58. The number of ether oxygens (including phenoxy) is 4. The number of thiazole rings is 1. The third-order valence-corrected chi connectivity index (χ3v) is 9.52. The quantitative estimate of drug-likeness (QED) is 0.0920. The van der Waals surface area contributed by atoms with Gasteiger partial charge < -0.3 is 29.6 Å². The van der Waals surface area contributed by atoms with Crippen LogP contribution >= 0.6 is 23.6 Å². The Hall–Kier alpha value is -2.92. The molecule has 1 aromatic heterocycles. The third-order valence-electron chi connectivity index (χ3n) is 8.18. The maximum atomic E-state index is 6.10. The molecule has 1 heterocycles. The summed E-state index contributed by atoms with van der Waals surface area (Å²) in [6.45, 7) is 6.48. The Bertz CT molecular complexity index is 1490. The molecular formula is C35H43N3O4S2. The number of nitrogens with one attached hydrogen (secondary N) is 2. The summed E-state index contributed by atoms with van der Waals surface area (Å²) in [5, 5.41) is 8.43. The van der Waals surface area contributed by atoms with Gasteiger partial charge in [0.15, 0.2) is 5.11 Å². The number of unbranched alkanes of at least 4 members (excludes halogenated alkanes) is 1. The maximum absolute atomic E-state index is 6.10. The summed E-state index contributed by atoms with van der Waals surface area (Å²) in [6, 6.07) is 21.8. The molecule has 0 aliphatic heterocycles. The van der Waals surface area contributed by atoms with E-state index in [4.69, 9.17) is 36.1 Å². The van der Waals surface area contributed by atoms with Crippen molar-refractivity contribution in [2.45, 2.75) is 38.0 Å². The molecule has 0 unspecified atom stereocenters. The molecule has 2 N–H and O–H groups in total. The Morgan fingerprint density at radius 1 is 0.841 bits per heavy atom. The van der Waals surface area contributed by atoms with E-state index in [9.17, 15) is 0 Å². The Morgan fingerprint density at radius 2 is 1.52 bits per heavy atom. The van der Waals surface area contributed by atoms with E-state index in [0.717, 1.165) is 54.0 Å². The fourth-order valence-corrected chi connectivity index (χ4v) is 7.08. The molecule has 44 heavy (non-hydrogen) atoms. The van der Waals surface area contributed by atoms with Crippen LogP contribution in [0.4, 0.5) is 5.69 Å². The molecule has 5 rings (SSSR count). The lowest BCUT2D eigenvalue weighted by Gasteiger charge is -2.33. The number of fused-ring (bicyclic) bond motifs is 4. The second-order valence-electron chi connectivity index (χ2n) is 11.0. The molecule has 4 aromatic rings. The highest BCUT2D eigenvalue weighted by Gasteiger charge is 2.43. The van der Waals surface area contributed by atoms with Crippen LogP contribution in [0.15, 0.2) is 60.7 Å². The van der Waals surface area contributed by atoms with Crippen LogP contribution in [0.1, 0.15) is 43.7 Å². The lowest BCUT2D eigenvalue weighted by atomic mass is 9.72. The van der Waals surface area contributed by atoms with Crippen LogP contribution in [-0.4, -0.2) is 70.5 Å². The summed E-state index contributed by atoms with van der Waals surface area (Å²) in [5.41, 5.74) is 7.83. The first kappa shape index (κ1) is 32.5. The zero-order valence-electron chi connectivity index (χ0n) is 25.9. The molecule has 0 saturated carbocycles. The minimum atomic E-state index is -0.327. The number of hydrogen-bond acceptors (Lipinski definition) is 7. The van der Waals surface area contributed by atoms with Gasteiger partial charge in [0.25, 0.3) is 0 Å². The molecule has 1 aliphatic rings. The molecule has 7 nitrogen and oxygen atoms in total. The van der Waals surface area contributed by atoms with E-state index in [2.05, 4.69) is 72.2 Å². The zero-order chi connectivity index (χ0) is 30.8. The van der Waals surface area contributed by atoms with Crippen molar-refractivity contribution in [3.63, 3.8) is 0 Å². The van der Waals surface area contributed by atoms with Crippen molar-refractivity contribution in [1.29, 1.82) is 0 Å². The highest BCUT2D eigenvalue weighted by atomic mass is 32.1. The molecule has 0 atom stereocenters. The van der Waals surface area contributed by atoms with E-state index in [1.54, 1.807) is 25.6 Å². The zero-order valence-corrected chi connectivity index (χ0v) is 27.6. The molecular weight excluding hydrogens is 591 g/mol. The van der Waals surface area contributed by atoms with Crippen LogP contribution in [-0.2, 0) is 24.4 Å². The SMILES string of the molecule is CCCCNC(=S)Nc1ccc2c(c1)C(CCOCCOC)(CCOCCOC)c1cc(-c3nc4ccccc4s3)ccc1-2. The van der Waals surface area contributed by atoms with Crippen LogP contribution in [0, 0.1) is 0 Å². The fraction of sp³-hybridized carbons (Fsp3) is 0.429. The summed E-state index contributed by atoms with van der Waals surface area (Å²) in [7, 11) is 3.40. The van der Waals surface area contributed by atoms with E-state index in [1.807, 2.05) is 6.07 Å². The third kappa shape index (κ3) is 7.47. The molecule has 0 saturated heterocycles. The Balaban J connectivity index is 1.54. The minimum Gasteiger partial charge on any atom is -0.382 e. The highest BCUT2D eigenvalue weighted by Crippen LogP contribution is 2.54. The summed E-state index contributed by atoms with van der Waals surface area (Å²) < 4.78 is 23.9. The van der Waals surface area contributed by atoms with Gasteiger partial charge in [-0.1, -0.05) is 43.7 Å². The first-order chi connectivity index (χ1) is 21.6. The molecule has 0 spiro atoms. The van der Waals surface area contributed by atoms with Crippen molar-refractivity contribution in [1.82, 2.24) is 10.3 Å². The summed E-state index contributed by atoms with van der Waals surface area (Å²) in [5.74, 6) is 0. The van der Waals surface area contributed by atoms with Crippen LogP contribution < -0.4 is 10.6 Å². The molecule has 1 aliphatic carbocycles. The molecule has 3 aromatic carbocycles. The van der Waals surface area contributed by atoms with E-state index in [1.165, 1.54) is 27.0 Å². The van der Waals surface area contributed by atoms with E-state index in [0.29, 0.717) is 44.8 Å². The van der Waals surface area contributed by atoms with E-state index in [-0.39, 0.29) is 5.41 Å². The van der Waals surface area contributed by atoms with Crippen molar-refractivity contribution in [2.24, 2.45) is 0 Å². The van der Waals surface area contributed by atoms with Gasteiger partial charge in [-0.3, -0.25) is 0 Å². The van der Waals surface area contributed by atoms with E-state index < -0.39 is 0 Å². The first-order valence-corrected chi connectivity index (χ1v) is 16.7. The summed E-state index contributed by atoms with van der Waals surface area (Å²) in [4.78, 5) is 4.98. The number of methoxy groups -OCH3 is 2. The second kappa shape index (κ2) is 15.9. The summed E-state index contributed by atoms with van der Waals surface area (Å²) in [6.07, 6.45) is 3.80. The van der Waals surface area contributed by atoms with Gasteiger partial charge in [-0.05, 0) is 84.1 Å². The largest absolute Gasteiger partial charge is 0.382 e. The lowest BCUT2D eigenvalue weighted by molar-refractivity contribution is 0.0491. The van der Waals surface area contributed by atoms with Gasteiger partial charge in [-0.25, -0.2) is 4.98 Å². The normalized spacial score (nSPS) is 13.2. The number of rotatable bonds is 17. The lowest BCUT2D eigenvalue weighted by Crippen LogP contribution is -2.31. The van der Waals surface area contributed by atoms with Crippen LogP contribution in [0.25, 0.3) is 31.9 Å². The van der Waals surface area contributed by atoms with Gasteiger partial charge in [0.2, 0.25) is 0 Å². The van der Waals surface area contributed by atoms with Crippen molar-refractivity contribution in [3.05, 3.63) is 71.8 Å². The number of anilines is 1. The first-order valence-electron chi connectivity index (χ1n) is 15.4. The Morgan fingerprint density at radius 3 is 2.20 bits per heavy atom. The Labute approximate surface area is 270 Å². The van der Waals surface area contributed by atoms with Crippen molar-refractivity contribution in [3.8, 4) is 21.7 Å². The predicted molar refractivity (Wildman–Crippen MR) is 185 cm³/mol. The van der Waals surface area contributed by atoms with Crippen LogP contribution in [0.5, 0.6) is 0 Å². The van der Waals surface area contributed by atoms with Gasteiger partial charge >= 0.3 is 0 Å². The number of para-hydroxylation sites is 1. The molecule has 0 radical (unpaired) electrons. The van der Waals surface area contributed by atoms with Crippen LogP contribution in [0.3, 0.4) is 0 Å². The van der Waals surface area contributed by atoms with Gasteiger partial charge in [-0.2, -0.15) is 0 Å². The minimum absolute atomic E-state index is 0.327. The number of nitrogens with zero attached hydrogens (tertiary/aromatic N) is 1. The molecule has 9 heteroatoms. The predicted octanol–water partition coefficient (Wildman–Crippen LogP) is 7.42. The smallest absolute Gasteiger partial charge is 0.170 e. The van der Waals surface area contributed by atoms with Crippen LogP contribution in [0.2, 0.25) is 0 Å². The maximum Gasteiger partial charge on any atom is 0.170 e. The van der Waals surface area contributed by atoms with E-state index >= 15 is 0 Å². The monoisotopic (exact) mass is 633 g/mol. The topological polar surface area (TPSA) is 73.9 Å². The van der Waals surface area contributed by atoms with Gasteiger partial charge in [0.05, 0.1) is 36.6 Å². The standard InChI is InChI=1S/C35H43N3O4S2/c1-4-5-16-36-34(43)37-26-11-13-28-27-12-10-25(33-38-31-8-6-7-9-32(31)44-33)23-29(27)35(30(28)24-26,14-17-41-21-19-39-2)15-18-42-22-20-40-3/h6-13,23-24H,4-5,14-22H2,1-3H3,(H2,36,37,43). The number of hydrogen-bond donors (Lipinski definition) is 2. The number of thiocarbonyl (C=S) groups is 1. The Kier molecular flexibility index (Phi) is 11.7. The van der Waals surface area contributed by atoms with Gasteiger partial charge in [0.1, 0.15) is 5.01 Å². The molecule has 0 amide bonds. The van der Waals surface area contributed by atoms with Gasteiger partial charge in [0, 0.05) is 50.6 Å². The number of benzene rings is 3. The average molecular weight is 634 g/mol. The fourth-order valence-electron chi connectivity index (χ4n) is 5.90. The number of aromatic nitrogens is 1. The van der Waals surface area contributed by atoms with Gasteiger partial charge in [-0.15, -0.1) is 11.3 Å². The highest BCUT2D eigenvalue weighted by molar-refractivity contribution is 7.80. The van der Waals surface area contributed by atoms with Crippen molar-refractivity contribution < 1.29 is 18.9 Å². The molecule has 0 bridgehead atoms. The summed E-state index contributed by atoms with van der Waals surface area (Å²) >= 11 is 7.36.